The van der Waals surface area contributed by atoms with Crippen LogP contribution in [0.4, 0.5) is 5.69 Å². The van der Waals surface area contributed by atoms with Crippen molar-refractivity contribution in [2.24, 2.45) is 5.11 Å². The number of hydrogen-bond donors (Lipinski definition) is 0. The summed E-state index contributed by atoms with van der Waals surface area (Å²) < 4.78 is 5.15. The Bertz CT molecular complexity index is 763. The van der Waals surface area contributed by atoms with Crippen molar-refractivity contribution < 1.29 is 9.53 Å². The van der Waals surface area contributed by atoms with Crippen LogP contribution in [0.2, 0.25) is 0 Å². The molecular weight excluding hydrogens is 302 g/mol. The Morgan fingerprint density at radius 2 is 2.00 bits per heavy atom. The van der Waals surface area contributed by atoms with E-state index in [9.17, 15) is 4.79 Å². The first-order valence-electron chi connectivity index (χ1n) is 7.79. The van der Waals surface area contributed by atoms with Gasteiger partial charge in [-0.3, -0.25) is 0 Å². The number of benzene rings is 2. The molecule has 0 saturated heterocycles. The van der Waals surface area contributed by atoms with Gasteiger partial charge >= 0.3 is 5.97 Å². The van der Waals surface area contributed by atoms with Crippen LogP contribution in [0.5, 0.6) is 0 Å². The van der Waals surface area contributed by atoms with Crippen molar-refractivity contribution in [1.29, 1.82) is 0 Å². The molecule has 2 aromatic rings. The van der Waals surface area contributed by atoms with Gasteiger partial charge in [0.25, 0.3) is 0 Å². The van der Waals surface area contributed by atoms with Crippen LogP contribution in [-0.4, -0.2) is 12.6 Å². The van der Waals surface area contributed by atoms with Crippen LogP contribution in [0.25, 0.3) is 16.5 Å². The lowest BCUT2D eigenvalue weighted by atomic mass is 10.0. The van der Waals surface area contributed by atoms with Gasteiger partial charge in [-0.15, -0.1) is 0 Å². The predicted octanol–water partition coefficient (Wildman–Crippen LogP) is 5.21. The SMILES string of the molecule is CCOC(=O)/C(=C\c1cccc(N=[N+]=[N-])c1)CCc1ccccc1. The Labute approximate surface area is 141 Å². The van der Waals surface area contributed by atoms with Crippen LogP contribution in [-0.2, 0) is 16.0 Å². The Morgan fingerprint density at radius 3 is 2.71 bits per heavy atom. The molecule has 0 aliphatic rings. The first-order valence-corrected chi connectivity index (χ1v) is 7.79. The zero-order valence-electron chi connectivity index (χ0n) is 13.6. The fourth-order valence-corrected chi connectivity index (χ4v) is 2.31. The Balaban J connectivity index is 2.23. The number of rotatable bonds is 7. The summed E-state index contributed by atoms with van der Waals surface area (Å²) >= 11 is 0. The van der Waals surface area contributed by atoms with E-state index in [2.05, 4.69) is 10.0 Å². The lowest BCUT2D eigenvalue weighted by molar-refractivity contribution is -0.138. The molecule has 0 bridgehead atoms. The molecule has 0 saturated carbocycles. The number of azide groups is 1. The zero-order chi connectivity index (χ0) is 17.2. The number of ether oxygens (including phenoxy) is 1. The molecule has 0 heterocycles. The highest BCUT2D eigenvalue weighted by Gasteiger charge is 2.11. The summed E-state index contributed by atoms with van der Waals surface area (Å²) in [6.07, 6.45) is 3.12. The molecule has 0 spiro atoms. The summed E-state index contributed by atoms with van der Waals surface area (Å²) in [5, 5.41) is 3.58. The monoisotopic (exact) mass is 321 g/mol. The summed E-state index contributed by atoms with van der Waals surface area (Å²) in [6, 6.07) is 17.1. The molecule has 0 atom stereocenters. The van der Waals surface area contributed by atoms with Gasteiger partial charge in [0.2, 0.25) is 0 Å². The molecular formula is C19H19N3O2. The molecule has 122 valence electrons. The molecule has 2 aromatic carbocycles. The van der Waals surface area contributed by atoms with Crippen LogP contribution in [0, 0.1) is 0 Å². The minimum Gasteiger partial charge on any atom is -0.463 e. The van der Waals surface area contributed by atoms with Crippen LogP contribution < -0.4 is 0 Å². The van der Waals surface area contributed by atoms with E-state index in [-0.39, 0.29) is 5.97 Å². The molecule has 24 heavy (non-hydrogen) atoms. The molecule has 0 unspecified atom stereocenters. The minimum atomic E-state index is -0.317. The van der Waals surface area contributed by atoms with Crippen molar-refractivity contribution in [3.8, 4) is 0 Å². The number of carbonyl (C=O) groups is 1. The van der Waals surface area contributed by atoms with Gasteiger partial charge in [-0.25, -0.2) is 4.79 Å². The second kappa shape index (κ2) is 9.18. The van der Waals surface area contributed by atoms with Crippen molar-refractivity contribution in [1.82, 2.24) is 0 Å². The van der Waals surface area contributed by atoms with E-state index in [1.807, 2.05) is 36.4 Å². The topological polar surface area (TPSA) is 75.1 Å². The van der Waals surface area contributed by atoms with E-state index in [4.69, 9.17) is 10.3 Å². The van der Waals surface area contributed by atoms with Crippen LogP contribution in [0.15, 0.2) is 65.3 Å². The second-order valence-corrected chi connectivity index (χ2v) is 5.16. The van der Waals surface area contributed by atoms with E-state index in [1.54, 1.807) is 31.2 Å². The maximum absolute atomic E-state index is 12.2. The van der Waals surface area contributed by atoms with Crippen LogP contribution in [0.1, 0.15) is 24.5 Å². The van der Waals surface area contributed by atoms with E-state index < -0.39 is 0 Å². The van der Waals surface area contributed by atoms with Gasteiger partial charge in [0.05, 0.1) is 6.61 Å². The molecule has 0 radical (unpaired) electrons. The third kappa shape index (κ3) is 5.30. The predicted molar refractivity (Wildman–Crippen MR) is 94.6 cm³/mol. The van der Waals surface area contributed by atoms with Gasteiger partial charge in [0.15, 0.2) is 0 Å². The maximum atomic E-state index is 12.2. The molecule has 0 aliphatic heterocycles. The van der Waals surface area contributed by atoms with E-state index in [1.165, 1.54) is 0 Å². The van der Waals surface area contributed by atoms with Gasteiger partial charge in [0.1, 0.15) is 0 Å². The number of aryl methyl sites for hydroxylation is 1. The van der Waals surface area contributed by atoms with Gasteiger partial charge in [0, 0.05) is 16.2 Å². The molecule has 2 rings (SSSR count). The van der Waals surface area contributed by atoms with E-state index in [0.29, 0.717) is 24.3 Å². The molecule has 5 nitrogen and oxygen atoms in total. The van der Waals surface area contributed by atoms with Crippen molar-refractivity contribution in [3.63, 3.8) is 0 Å². The molecule has 5 heteroatoms. The third-order valence-corrected chi connectivity index (χ3v) is 3.43. The number of hydrogen-bond acceptors (Lipinski definition) is 3. The standard InChI is InChI=1S/C19H19N3O2/c1-2-24-19(23)17(12-11-15-7-4-3-5-8-15)13-16-9-6-10-18(14-16)21-22-20/h3-10,13-14H,2,11-12H2,1H3/b17-13-. The average molecular weight is 321 g/mol. The summed E-state index contributed by atoms with van der Waals surface area (Å²) in [4.78, 5) is 15.0. The zero-order valence-corrected chi connectivity index (χ0v) is 13.6. The first-order chi connectivity index (χ1) is 11.7. The largest absolute Gasteiger partial charge is 0.463 e. The molecule has 0 fully saturated rings. The van der Waals surface area contributed by atoms with E-state index in [0.717, 1.165) is 17.5 Å². The lowest BCUT2D eigenvalue weighted by Crippen LogP contribution is -2.08. The highest BCUT2D eigenvalue weighted by atomic mass is 16.5. The maximum Gasteiger partial charge on any atom is 0.334 e. The van der Waals surface area contributed by atoms with Crippen LogP contribution in [0.3, 0.4) is 0 Å². The summed E-state index contributed by atoms with van der Waals surface area (Å²) in [5.74, 6) is -0.317. The first kappa shape index (κ1) is 17.3. The minimum absolute atomic E-state index is 0.317. The summed E-state index contributed by atoms with van der Waals surface area (Å²) in [6.45, 7) is 2.12. The van der Waals surface area contributed by atoms with Crippen molar-refractivity contribution in [3.05, 3.63) is 81.7 Å². The number of nitrogens with zero attached hydrogens (tertiary/aromatic N) is 3. The smallest absolute Gasteiger partial charge is 0.334 e. The quantitative estimate of drug-likeness (QED) is 0.231. The van der Waals surface area contributed by atoms with Gasteiger partial charge in [-0.05, 0) is 48.6 Å². The average Bonchev–Trinajstić information content (AvgIpc) is 2.60. The number of esters is 1. The summed E-state index contributed by atoms with van der Waals surface area (Å²) in [5.41, 5.74) is 11.6. The second-order valence-electron chi connectivity index (χ2n) is 5.16. The number of carbonyl (C=O) groups excluding carboxylic acids is 1. The fraction of sp³-hybridized carbons (Fsp3) is 0.211. The lowest BCUT2D eigenvalue weighted by Gasteiger charge is -2.08. The summed E-state index contributed by atoms with van der Waals surface area (Å²) in [7, 11) is 0. The van der Waals surface area contributed by atoms with Gasteiger partial charge in [-0.2, -0.15) is 0 Å². The Hall–Kier alpha value is -3.04. The van der Waals surface area contributed by atoms with Gasteiger partial charge < -0.3 is 4.74 Å². The Morgan fingerprint density at radius 1 is 1.21 bits per heavy atom. The normalized spacial score (nSPS) is 10.8. The van der Waals surface area contributed by atoms with Crippen LogP contribution >= 0.6 is 0 Å². The van der Waals surface area contributed by atoms with Crippen molar-refractivity contribution in [2.75, 3.05) is 6.61 Å². The molecule has 0 amide bonds. The van der Waals surface area contributed by atoms with Crippen molar-refractivity contribution in [2.45, 2.75) is 19.8 Å². The highest BCUT2D eigenvalue weighted by Crippen LogP contribution is 2.19. The molecule has 0 aromatic heterocycles. The van der Waals surface area contributed by atoms with E-state index >= 15 is 0 Å². The fourth-order valence-electron chi connectivity index (χ4n) is 2.31. The highest BCUT2D eigenvalue weighted by molar-refractivity contribution is 5.93. The third-order valence-electron chi connectivity index (χ3n) is 3.43. The molecule has 0 aliphatic carbocycles. The Kier molecular flexibility index (Phi) is 6.62. The van der Waals surface area contributed by atoms with Gasteiger partial charge in [-0.1, -0.05) is 53.6 Å². The van der Waals surface area contributed by atoms with Crippen molar-refractivity contribution >= 4 is 17.7 Å². The molecule has 0 N–H and O–H groups in total.